The summed E-state index contributed by atoms with van der Waals surface area (Å²) in [5.74, 6) is -0.196. The van der Waals surface area contributed by atoms with Gasteiger partial charge in [0.15, 0.2) is 0 Å². The molecule has 0 atom stereocenters. The third-order valence-electron chi connectivity index (χ3n) is 8.66. The van der Waals surface area contributed by atoms with E-state index >= 15 is 0 Å². The minimum Gasteiger partial charge on any atom is -0.379 e. The first-order valence-electron chi connectivity index (χ1n) is 16.5. The fourth-order valence-corrected chi connectivity index (χ4v) is 8.06. The Bertz CT molecular complexity index is 2150. The number of thioether (sulfide) groups is 1. The molecule has 0 aromatic heterocycles. The summed E-state index contributed by atoms with van der Waals surface area (Å²) >= 11 is 14.4. The number of piperazine rings is 1. The minimum atomic E-state index is -4.40. The van der Waals surface area contributed by atoms with E-state index in [2.05, 4.69) is 21.2 Å². The summed E-state index contributed by atoms with van der Waals surface area (Å²) in [5.41, 5.74) is 4.00. The molecule has 1 aliphatic heterocycles. The van der Waals surface area contributed by atoms with Crippen LogP contribution in [0.3, 0.4) is 0 Å². The second-order valence-corrected chi connectivity index (χ2v) is 15.7. The molecule has 0 bridgehead atoms. The number of anilines is 2. The van der Waals surface area contributed by atoms with Crippen LogP contribution >= 0.6 is 35.0 Å². The molecule has 1 fully saturated rings. The number of amides is 1. The van der Waals surface area contributed by atoms with Crippen molar-refractivity contribution in [3.63, 3.8) is 0 Å². The minimum absolute atomic E-state index is 0.142. The number of nitro benzene ring substituents is 1. The Morgan fingerprint density at radius 1 is 0.846 bits per heavy atom. The largest absolute Gasteiger partial charge is 0.379 e. The highest BCUT2D eigenvalue weighted by Crippen LogP contribution is 2.32. The zero-order chi connectivity index (χ0) is 36.7. The van der Waals surface area contributed by atoms with Gasteiger partial charge in [-0.1, -0.05) is 65.7 Å². The molecule has 0 radical (unpaired) electrons. The third kappa shape index (κ3) is 9.25. The number of nitro groups is 1. The summed E-state index contributed by atoms with van der Waals surface area (Å²) < 4.78 is 28.3. The van der Waals surface area contributed by atoms with Gasteiger partial charge in [-0.25, -0.2) is 13.1 Å². The van der Waals surface area contributed by atoms with Crippen molar-refractivity contribution in [1.29, 1.82) is 0 Å². The Balaban J connectivity index is 1.04. The Hall–Kier alpha value is -4.59. The Morgan fingerprint density at radius 2 is 1.56 bits per heavy atom. The van der Waals surface area contributed by atoms with Gasteiger partial charge in [0.05, 0.1) is 9.82 Å². The number of carbonyl (C=O) groups is 1. The molecular weight excluding hydrogens is 741 g/mol. The lowest BCUT2D eigenvalue weighted by molar-refractivity contribution is -0.384. The number of sulfonamides is 1. The predicted molar refractivity (Wildman–Crippen MR) is 209 cm³/mol. The topological polar surface area (TPSA) is 125 Å². The zero-order valence-corrected chi connectivity index (χ0v) is 31.0. The van der Waals surface area contributed by atoms with Gasteiger partial charge < -0.3 is 10.2 Å². The highest BCUT2D eigenvalue weighted by Gasteiger charge is 2.25. The predicted octanol–water partition coefficient (Wildman–Crippen LogP) is 8.21. The Morgan fingerprint density at radius 3 is 2.25 bits per heavy atom. The van der Waals surface area contributed by atoms with Gasteiger partial charge in [0, 0.05) is 77.3 Å². The van der Waals surface area contributed by atoms with Crippen LogP contribution in [-0.2, 0) is 16.6 Å². The molecular formula is C38H35Cl2N5O5S2. The van der Waals surface area contributed by atoms with Crippen molar-refractivity contribution in [1.82, 2.24) is 9.62 Å². The van der Waals surface area contributed by atoms with Gasteiger partial charge in [-0.2, -0.15) is 0 Å². The number of rotatable bonds is 13. The molecule has 52 heavy (non-hydrogen) atoms. The van der Waals surface area contributed by atoms with Crippen LogP contribution in [0.5, 0.6) is 0 Å². The quantitative estimate of drug-likeness (QED) is 0.0527. The highest BCUT2D eigenvalue weighted by molar-refractivity contribution is 7.99. The summed E-state index contributed by atoms with van der Waals surface area (Å²) in [4.78, 5) is 29.4. The molecule has 14 heteroatoms. The third-order valence-corrected chi connectivity index (χ3v) is 11.6. The van der Waals surface area contributed by atoms with E-state index in [0.29, 0.717) is 28.9 Å². The van der Waals surface area contributed by atoms with Crippen LogP contribution in [0.2, 0.25) is 10.0 Å². The molecule has 0 unspecified atom stereocenters. The number of hydrogen-bond donors (Lipinski definition) is 2. The average molecular weight is 777 g/mol. The van der Waals surface area contributed by atoms with E-state index in [9.17, 15) is 23.3 Å². The SMILES string of the molecule is O=C(NS(=O)(=O)c1ccc(NCCSc2ccccc2)c([N+](=O)[O-])c1)c1ccc(N2CCN(Cc3c(Cl)cccc3-c3ccc(Cl)cc3)CC2)cc1. The van der Waals surface area contributed by atoms with E-state index in [1.165, 1.54) is 12.1 Å². The molecule has 1 aliphatic rings. The maximum atomic E-state index is 13.1. The molecule has 1 saturated heterocycles. The second-order valence-electron chi connectivity index (χ2n) is 12.0. The lowest BCUT2D eigenvalue weighted by Crippen LogP contribution is -2.46. The smallest absolute Gasteiger partial charge is 0.293 e. The van der Waals surface area contributed by atoms with Crippen molar-refractivity contribution in [3.8, 4) is 11.1 Å². The van der Waals surface area contributed by atoms with Crippen LogP contribution in [0.1, 0.15) is 15.9 Å². The summed E-state index contributed by atoms with van der Waals surface area (Å²) in [6.07, 6.45) is 0. The lowest BCUT2D eigenvalue weighted by atomic mass is 9.99. The molecule has 268 valence electrons. The van der Waals surface area contributed by atoms with E-state index in [0.717, 1.165) is 59.5 Å². The van der Waals surface area contributed by atoms with E-state index in [1.807, 2.05) is 71.5 Å². The Labute approximate surface area is 316 Å². The van der Waals surface area contributed by atoms with Gasteiger partial charge in [0.1, 0.15) is 5.69 Å². The lowest BCUT2D eigenvalue weighted by Gasteiger charge is -2.36. The fraction of sp³-hybridized carbons (Fsp3) is 0.184. The van der Waals surface area contributed by atoms with Crippen molar-refractivity contribution in [2.45, 2.75) is 16.3 Å². The summed E-state index contributed by atoms with van der Waals surface area (Å²) in [6.45, 7) is 4.18. The van der Waals surface area contributed by atoms with Crippen LogP contribution in [0, 0.1) is 10.1 Å². The maximum absolute atomic E-state index is 13.1. The number of hydrogen-bond acceptors (Lipinski definition) is 9. The van der Waals surface area contributed by atoms with Gasteiger partial charge in [0.25, 0.3) is 21.6 Å². The number of carbonyl (C=O) groups excluding carboxylic acids is 1. The zero-order valence-electron chi connectivity index (χ0n) is 27.9. The van der Waals surface area contributed by atoms with E-state index < -0.39 is 26.5 Å². The molecule has 0 saturated carbocycles. The van der Waals surface area contributed by atoms with Gasteiger partial charge in [-0.05, 0) is 83.4 Å². The van der Waals surface area contributed by atoms with Gasteiger partial charge >= 0.3 is 0 Å². The number of nitrogens with one attached hydrogen (secondary N) is 2. The fourth-order valence-electron chi connectivity index (χ4n) is 5.92. The summed E-state index contributed by atoms with van der Waals surface area (Å²) in [7, 11) is -4.40. The molecule has 0 spiro atoms. The van der Waals surface area contributed by atoms with Crippen LogP contribution in [0.4, 0.5) is 17.1 Å². The molecule has 6 rings (SSSR count). The molecule has 0 aliphatic carbocycles. The normalized spacial score (nSPS) is 13.5. The maximum Gasteiger partial charge on any atom is 0.293 e. The second kappa shape index (κ2) is 16.8. The number of nitrogens with zero attached hydrogens (tertiary/aromatic N) is 3. The van der Waals surface area contributed by atoms with Crippen molar-refractivity contribution >= 4 is 68.0 Å². The van der Waals surface area contributed by atoms with Crippen molar-refractivity contribution in [2.24, 2.45) is 0 Å². The van der Waals surface area contributed by atoms with Crippen molar-refractivity contribution < 1.29 is 18.1 Å². The molecule has 10 nitrogen and oxygen atoms in total. The van der Waals surface area contributed by atoms with Gasteiger partial charge in [0.2, 0.25) is 0 Å². The van der Waals surface area contributed by atoms with Gasteiger partial charge in [-0.15, -0.1) is 11.8 Å². The Kier molecular flexibility index (Phi) is 12.0. The number of benzene rings is 5. The molecule has 1 heterocycles. The molecule has 1 amide bonds. The monoisotopic (exact) mass is 775 g/mol. The summed E-state index contributed by atoms with van der Waals surface area (Å²) in [5, 5.41) is 16.2. The van der Waals surface area contributed by atoms with Crippen LogP contribution in [0.15, 0.2) is 125 Å². The van der Waals surface area contributed by atoms with Crippen LogP contribution < -0.4 is 14.9 Å². The van der Waals surface area contributed by atoms with Gasteiger partial charge in [-0.3, -0.25) is 19.8 Å². The van der Waals surface area contributed by atoms with Crippen molar-refractivity contribution in [3.05, 3.63) is 147 Å². The van der Waals surface area contributed by atoms with Crippen molar-refractivity contribution in [2.75, 3.05) is 48.7 Å². The molecule has 2 N–H and O–H groups in total. The number of halogens is 2. The van der Waals surface area contributed by atoms with E-state index in [-0.39, 0.29) is 16.1 Å². The first kappa shape index (κ1) is 37.2. The standard InChI is InChI=1S/C38H35Cl2N5O5S2/c39-29-13-9-27(10-14-29)33-7-4-8-35(40)34(33)26-43-20-22-44(23-21-43)30-15-11-28(12-16-30)38(46)42-52(49,50)32-17-18-36(37(25-32)45(47)48)41-19-24-51-31-5-2-1-3-6-31/h1-18,25,41H,19-24,26H2,(H,42,46). The first-order valence-corrected chi connectivity index (χ1v) is 19.7. The first-order chi connectivity index (χ1) is 25.1. The highest BCUT2D eigenvalue weighted by atomic mass is 35.5. The van der Waals surface area contributed by atoms with Crippen LogP contribution in [0.25, 0.3) is 11.1 Å². The van der Waals surface area contributed by atoms with E-state index in [1.54, 1.807) is 36.0 Å². The average Bonchev–Trinajstić information content (AvgIpc) is 3.15. The molecule has 5 aromatic rings. The van der Waals surface area contributed by atoms with E-state index in [4.69, 9.17) is 23.2 Å². The van der Waals surface area contributed by atoms with Crippen LogP contribution in [-0.4, -0.2) is 62.6 Å². The molecule has 5 aromatic carbocycles. The summed E-state index contributed by atoms with van der Waals surface area (Å²) in [6, 6.07) is 33.6.